The van der Waals surface area contributed by atoms with E-state index in [1.165, 1.54) is 0 Å². The molecule has 6 nitrogen and oxygen atoms in total. The molecule has 0 radical (unpaired) electrons. The SMILES string of the molecule is CC(C)C(=NC(=O)OCC1c2ccccc2-c2ccccc21)C(=O)CCC(C)C(=O)O. The van der Waals surface area contributed by atoms with Crippen LogP contribution in [0.15, 0.2) is 53.5 Å². The third-order valence-corrected chi connectivity index (χ3v) is 5.61. The largest absolute Gasteiger partial charge is 0.481 e. The van der Waals surface area contributed by atoms with Crippen LogP contribution < -0.4 is 0 Å². The Kier molecular flexibility index (Phi) is 7.00. The molecule has 1 amide bonds. The van der Waals surface area contributed by atoms with E-state index in [-0.39, 0.29) is 42.8 Å². The Morgan fingerprint density at radius 3 is 2.03 bits per heavy atom. The summed E-state index contributed by atoms with van der Waals surface area (Å²) in [5.41, 5.74) is 4.59. The molecular weight excluding hydrogens is 394 g/mol. The van der Waals surface area contributed by atoms with Crippen molar-refractivity contribution in [3.05, 3.63) is 59.7 Å². The third kappa shape index (κ3) is 5.08. The highest BCUT2D eigenvalue weighted by Crippen LogP contribution is 2.44. The molecule has 1 atom stereocenters. The maximum atomic E-state index is 12.5. The van der Waals surface area contributed by atoms with Crippen LogP contribution in [0.5, 0.6) is 0 Å². The fourth-order valence-electron chi connectivity index (χ4n) is 3.84. The van der Waals surface area contributed by atoms with Gasteiger partial charge >= 0.3 is 12.1 Å². The summed E-state index contributed by atoms with van der Waals surface area (Å²) in [4.78, 5) is 39.8. The molecule has 0 aliphatic heterocycles. The molecule has 2 aromatic rings. The van der Waals surface area contributed by atoms with Gasteiger partial charge in [0.1, 0.15) is 6.61 Å². The summed E-state index contributed by atoms with van der Waals surface area (Å²) in [6, 6.07) is 16.1. The number of hydrogen-bond acceptors (Lipinski definition) is 4. The Hall–Kier alpha value is -3.28. The first kappa shape index (κ1) is 22.4. The fraction of sp³-hybridized carbons (Fsp3) is 0.360. The molecule has 0 saturated heterocycles. The number of carbonyl (C=O) groups is 3. The lowest BCUT2D eigenvalue weighted by atomic mass is 9.97. The summed E-state index contributed by atoms with van der Waals surface area (Å²) in [5, 5.41) is 8.99. The molecule has 0 aromatic heterocycles. The zero-order valence-corrected chi connectivity index (χ0v) is 18.0. The number of ether oxygens (including phenoxy) is 1. The summed E-state index contributed by atoms with van der Waals surface area (Å²) < 4.78 is 5.46. The molecule has 0 fully saturated rings. The van der Waals surface area contributed by atoms with Crippen molar-refractivity contribution in [1.82, 2.24) is 0 Å². The van der Waals surface area contributed by atoms with Crippen LogP contribution >= 0.6 is 0 Å². The van der Waals surface area contributed by atoms with E-state index in [1.807, 2.05) is 36.4 Å². The van der Waals surface area contributed by atoms with Crippen LogP contribution in [0.3, 0.4) is 0 Å². The molecule has 1 aliphatic carbocycles. The number of fused-ring (bicyclic) bond motifs is 3. The number of amides is 1. The van der Waals surface area contributed by atoms with Gasteiger partial charge < -0.3 is 9.84 Å². The van der Waals surface area contributed by atoms with Crippen molar-refractivity contribution < 1.29 is 24.2 Å². The number of nitrogens with zero attached hydrogens (tertiary/aromatic N) is 1. The van der Waals surface area contributed by atoms with Crippen molar-refractivity contribution in [2.24, 2.45) is 16.8 Å². The van der Waals surface area contributed by atoms with Crippen LogP contribution in [-0.4, -0.2) is 35.3 Å². The molecule has 1 N–H and O–H groups in total. The Morgan fingerprint density at radius 2 is 1.52 bits per heavy atom. The minimum absolute atomic E-state index is 0.0289. The number of ketones is 1. The number of carboxylic acids is 1. The van der Waals surface area contributed by atoms with Gasteiger partial charge in [-0.05, 0) is 34.6 Å². The van der Waals surface area contributed by atoms with Crippen LogP contribution in [0.25, 0.3) is 11.1 Å². The summed E-state index contributed by atoms with van der Waals surface area (Å²) in [6.07, 6.45) is -0.573. The lowest BCUT2D eigenvalue weighted by Crippen LogP contribution is -2.24. The topological polar surface area (TPSA) is 93.0 Å². The van der Waals surface area contributed by atoms with Crippen LogP contribution in [0, 0.1) is 11.8 Å². The predicted octanol–water partition coefficient (Wildman–Crippen LogP) is 5.10. The van der Waals surface area contributed by atoms with E-state index in [0.29, 0.717) is 0 Å². The lowest BCUT2D eigenvalue weighted by Gasteiger charge is -2.14. The summed E-state index contributed by atoms with van der Waals surface area (Å²) in [6.45, 7) is 5.22. The van der Waals surface area contributed by atoms with Gasteiger partial charge in [0.2, 0.25) is 0 Å². The minimum Gasteiger partial charge on any atom is -0.481 e. The third-order valence-electron chi connectivity index (χ3n) is 5.61. The number of aliphatic carboxylic acids is 1. The van der Waals surface area contributed by atoms with E-state index in [1.54, 1.807) is 20.8 Å². The zero-order valence-electron chi connectivity index (χ0n) is 18.0. The van der Waals surface area contributed by atoms with E-state index in [0.717, 1.165) is 22.3 Å². The van der Waals surface area contributed by atoms with E-state index >= 15 is 0 Å². The molecule has 1 unspecified atom stereocenters. The highest BCUT2D eigenvalue weighted by atomic mass is 16.5. The van der Waals surface area contributed by atoms with Gasteiger partial charge in [0, 0.05) is 12.3 Å². The van der Waals surface area contributed by atoms with Crippen molar-refractivity contribution in [3.8, 4) is 11.1 Å². The van der Waals surface area contributed by atoms with Crippen LogP contribution in [-0.2, 0) is 14.3 Å². The number of carbonyl (C=O) groups excluding carboxylic acids is 2. The number of benzene rings is 2. The molecule has 2 aromatic carbocycles. The standard InChI is InChI=1S/C25H27NO5/c1-15(2)23(22(27)13-12-16(3)24(28)29)26-25(30)31-14-21-19-10-6-4-8-17(19)18-9-5-7-11-20(18)21/h4-11,15-16,21H,12-14H2,1-3H3,(H,28,29). The van der Waals surface area contributed by atoms with Crippen LogP contribution in [0.4, 0.5) is 4.79 Å². The number of aliphatic imine (C=N–C) groups is 1. The normalized spacial score (nSPS) is 14.1. The van der Waals surface area contributed by atoms with Gasteiger partial charge in [-0.15, -0.1) is 0 Å². The molecule has 0 bridgehead atoms. The van der Waals surface area contributed by atoms with Gasteiger partial charge in [-0.1, -0.05) is 69.3 Å². The summed E-state index contributed by atoms with van der Waals surface area (Å²) in [5.74, 6) is -2.26. The second-order valence-electron chi connectivity index (χ2n) is 8.16. The first-order valence-corrected chi connectivity index (χ1v) is 10.5. The minimum atomic E-state index is -0.952. The zero-order chi connectivity index (χ0) is 22.5. The molecule has 162 valence electrons. The van der Waals surface area contributed by atoms with Gasteiger partial charge in [0.15, 0.2) is 5.78 Å². The molecule has 1 aliphatic rings. The maximum absolute atomic E-state index is 12.5. The molecule has 0 spiro atoms. The summed E-state index contributed by atoms with van der Waals surface area (Å²) >= 11 is 0. The average Bonchev–Trinajstić information content (AvgIpc) is 3.07. The van der Waals surface area contributed by atoms with Crippen molar-refractivity contribution in [2.45, 2.75) is 39.5 Å². The summed E-state index contributed by atoms with van der Waals surface area (Å²) in [7, 11) is 0. The molecule has 3 rings (SSSR count). The molecule has 6 heteroatoms. The van der Waals surface area contributed by atoms with Crippen molar-refractivity contribution in [1.29, 1.82) is 0 Å². The van der Waals surface area contributed by atoms with E-state index in [4.69, 9.17) is 9.84 Å². The van der Waals surface area contributed by atoms with Crippen LogP contribution in [0.2, 0.25) is 0 Å². The highest BCUT2D eigenvalue weighted by Gasteiger charge is 2.29. The number of hydrogen-bond donors (Lipinski definition) is 1. The average molecular weight is 421 g/mol. The monoisotopic (exact) mass is 421 g/mol. The van der Waals surface area contributed by atoms with E-state index in [9.17, 15) is 14.4 Å². The molecular formula is C25H27NO5. The molecule has 0 heterocycles. The molecule has 0 saturated carbocycles. The number of rotatable bonds is 8. The second-order valence-corrected chi connectivity index (χ2v) is 8.16. The molecule has 31 heavy (non-hydrogen) atoms. The Morgan fingerprint density at radius 1 is 0.968 bits per heavy atom. The number of Topliss-reactive ketones (excluding diaryl/α,β-unsaturated/α-hetero) is 1. The van der Waals surface area contributed by atoms with Crippen molar-refractivity contribution in [2.75, 3.05) is 6.61 Å². The first-order valence-electron chi connectivity index (χ1n) is 10.5. The predicted molar refractivity (Wildman–Crippen MR) is 118 cm³/mol. The lowest BCUT2D eigenvalue weighted by molar-refractivity contribution is -0.141. The van der Waals surface area contributed by atoms with Gasteiger partial charge in [0.05, 0.1) is 11.6 Å². The first-order chi connectivity index (χ1) is 14.8. The number of carboxylic acid groups (broad SMARTS) is 1. The second kappa shape index (κ2) is 9.69. The Bertz CT molecular complexity index is 979. The smallest absolute Gasteiger partial charge is 0.433 e. The van der Waals surface area contributed by atoms with Crippen molar-refractivity contribution >= 4 is 23.6 Å². The van der Waals surface area contributed by atoms with Gasteiger partial charge in [0.25, 0.3) is 0 Å². The van der Waals surface area contributed by atoms with Gasteiger partial charge in [-0.25, -0.2) is 4.79 Å². The van der Waals surface area contributed by atoms with Crippen molar-refractivity contribution in [3.63, 3.8) is 0 Å². The Balaban J connectivity index is 1.70. The Labute approximate surface area is 182 Å². The quantitative estimate of drug-likeness (QED) is 0.599. The van der Waals surface area contributed by atoms with E-state index < -0.39 is 18.0 Å². The van der Waals surface area contributed by atoms with Gasteiger partial charge in [-0.3, -0.25) is 9.59 Å². The van der Waals surface area contributed by atoms with Crippen LogP contribution in [0.1, 0.15) is 50.7 Å². The maximum Gasteiger partial charge on any atom is 0.433 e. The van der Waals surface area contributed by atoms with E-state index in [2.05, 4.69) is 17.1 Å². The van der Waals surface area contributed by atoms with Gasteiger partial charge in [-0.2, -0.15) is 4.99 Å². The fourth-order valence-corrected chi connectivity index (χ4v) is 3.84. The highest BCUT2D eigenvalue weighted by molar-refractivity contribution is 6.41.